The number of hydrogen-bond acceptors (Lipinski definition) is 12. The van der Waals surface area contributed by atoms with Gasteiger partial charge in [0, 0.05) is 88.4 Å². The van der Waals surface area contributed by atoms with Crippen molar-refractivity contribution in [1.29, 1.82) is 0 Å². The number of benzene rings is 4. The summed E-state index contributed by atoms with van der Waals surface area (Å²) in [4.78, 5) is 50.0. The van der Waals surface area contributed by atoms with Crippen molar-refractivity contribution in [3.05, 3.63) is 201 Å². The Morgan fingerprint density at radius 3 is 1.87 bits per heavy atom. The zero-order chi connectivity index (χ0) is 52.5. The van der Waals surface area contributed by atoms with Crippen molar-refractivity contribution in [2.45, 2.75) is 25.3 Å². The van der Waals surface area contributed by atoms with Crippen molar-refractivity contribution in [2.24, 2.45) is 9.98 Å². The number of aromatic hydroxyl groups is 3. The van der Waals surface area contributed by atoms with Gasteiger partial charge in [-0.15, -0.1) is 0 Å². The molecule has 6 heterocycles. The average molecular weight is 1050 g/mol. The fourth-order valence-corrected chi connectivity index (χ4v) is 11.4. The highest BCUT2D eigenvalue weighted by molar-refractivity contribution is 8.76. The molecular weight excluding hydrogens is 1010 g/mol. The molecule has 75 heavy (non-hydrogen) atoms. The largest absolute Gasteiger partial charge is 0.508 e. The molecule has 0 radical (unpaired) electrons. The van der Waals surface area contributed by atoms with Crippen LogP contribution in [0.3, 0.4) is 0 Å². The van der Waals surface area contributed by atoms with Crippen LogP contribution in [-0.4, -0.2) is 91.0 Å². The number of phenolic OH excluding ortho intramolecular Hbond substituents is 3. The molecule has 7 N–H and O–H groups in total. The maximum atomic E-state index is 16.9. The number of imide groups is 1. The molecule has 1 aromatic heterocycles. The number of halogens is 4. The smallest absolute Gasteiger partial charge is 0.253 e. The second-order valence-corrected chi connectivity index (χ2v) is 20.7. The van der Waals surface area contributed by atoms with Crippen molar-refractivity contribution in [1.82, 2.24) is 20.5 Å². The van der Waals surface area contributed by atoms with E-state index in [-0.39, 0.29) is 77.3 Å². The van der Waals surface area contributed by atoms with Gasteiger partial charge in [-0.25, -0.2) is 27.5 Å². The molecule has 13 nitrogen and oxygen atoms in total. The van der Waals surface area contributed by atoms with E-state index in [1.165, 1.54) is 51.9 Å². The number of H-pyrrole nitrogens is 1. The second kappa shape index (κ2) is 20.9. The summed E-state index contributed by atoms with van der Waals surface area (Å²) in [5, 5.41) is 41.5. The Balaban J connectivity index is 1.04. The molecule has 10 rings (SSSR count). The van der Waals surface area contributed by atoms with Crippen LogP contribution in [0.5, 0.6) is 17.2 Å². The van der Waals surface area contributed by atoms with Gasteiger partial charge >= 0.3 is 0 Å². The van der Waals surface area contributed by atoms with Crippen LogP contribution in [-0.2, 0) is 14.4 Å². The molecule has 0 saturated heterocycles. The standard InChI is InChI=1S/C56H45F4N7O6S2/c1-56-21-19-41(66-56)47(31-6-3-9-34(69)28-31)38-12-14-40(64-38)48(39-13-11-36(63-39)46(30-5-2-8-33(68)27-30)37-15-16-42(65-37)50(56)32-7-4-10-35(70)29-32)49-51(57)53(59)55(54(60)52(49)58)62-23-26-75-74-25-22-61-43(71)20-24-67-44(72)17-18-45(67)73/h2-19,27-29,62-63,66,68-70H,20-26H2,1H3,(H,61,71)/b46-36-,47-38-,48-39+,50-42-. The summed E-state index contributed by atoms with van der Waals surface area (Å²) in [6.07, 6.45) is 11.3. The number of hydrogen-bond donors (Lipinski definition) is 7. The van der Waals surface area contributed by atoms with Crippen LogP contribution in [0.15, 0.2) is 155 Å². The molecular formula is C56H45F4N7O6S2. The van der Waals surface area contributed by atoms with E-state index in [9.17, 15) is 29.7 Å². The highest BCUT2D eigenvalue weighted by atomic mass is 33.1. The number of carbonyl (C=O) groups excluding carboxylic acids is 3. The number of nitrogens with zero attached hydrogens (tertiary/aromatic N) is 3. The van der Waals surface area contributed by atoms with Crippen molar-refractivity contribution < 1.29 is 47.3 Å². The van der Waals surface area contributed by atoms with E-state index in [4.69, 9.17) is 9.98 Å². The van der Waals surface area contributed by atoms with Crippen LogP contribution in [0.25, 0.3) is 22.3 Å². The van der Waals surface area contributed by atoms with Crippen molar-refractivity contribution in [3.8, 4) is 17.2 Å². The lowest BCUT2D eigenvalue weighted by molar-refractivity contribution is -0.137. The van der Waals surface area contributed by atoms with E-state index in [1.807, 2.05) is 25.1 Å². The predicted octanol–water partition coefficient (Wildman–Crippen LogP) is 7.80. The first-order chi connectivity index (χ1) is 36.2. The van der Waals surface area contributed by atoms with Gasteiger partial charge in [-0.3, -0.25) is 19.3 Å². The van der Waals surface area contributed by atoms with E-state index in [0.717, 1.165) is 22.6 Å². The van der Waals surface area contributed by atoms with Crippen LogP contribution in [0.1, 0.15) is 42.0 Å². The monoisotopic (exact) mass is 1050 g/mol. The number of nitrogens with one attached hydrogen (secondary N) is 4. The van der Waals surface area contributed by atoms with Gasteiger partial charge < -0.3 is 36.3 Å². The minimum Gasteiger partial charge on any atom is -0.508 e. The minimum absolute atomic E-state index is 0.0268. The van der Waals surface area contributed by atoms with Crippen molar-refractivity contribution in [3.63, 3.8) is 0 Å². The third kappa shape index (κ3) is 10.1. The summed E-state index contributed by atoms with van der Waals surface area (Å²) in [6.45, 7) is 2.11. The summed E-state index contributed by atoms with van der Waals surface area (Å²) in [6, 6.07) is 22.9. The quantitative estimate of drug-likeness (QED) is 0.0179. The van der Waals surface area contributed by atoms with Gasteiger partial charge in [0.1, 0.15) is 22.9 Å². The van der Waals surface area contributed by atoms with Crippen LogP contribution in [0.4, 0.5) is 23.2 Å². The number of aromatic amines is 1. The Bertz CT molecular complexity index is 3610. The van der Waals surface area contributed by atoms with Crippen molar-refractivity contribution in [2.75, 3.05) is 36.5 Å². The van der Waals surface area contributed by atoms with Crippen LogP contribution in [0, 0.1) is 23.3 Å². The lowest BCUT2D eigenvalue weighted by atomic mass is 9.83. The topological polar surface area (TPSA) is 192 Å². The van der Waals surface area contributed by atoms with Crippen molar-refractivity contribution >= 4 is 78.7 Å². The zero-order valence-corrected chi connectivity index (χ0v) is 41.4. The van der Waals surface area contributed by atoms with E-state index in [2.05, 4.69) is 20.9 Å². The molecule has 5 aliphatic heterocycles. The number of aromatic nitrogens is 1. The summed E-state index contributed by atoms with van der Waals surface area (Å²) >= 11 is 0. The maximum Gasteiger partial charge on any atom is 0.253 e. The summed E-state index contributed by atoms with van der Waals surface area (Å²) in [5.41, 5.74) is 1.96. The number of fused-ring (bicyclic) bond motifs is 6. The van der Waals surface area contributed by atoms with Gasteiger partial charge in [-0.1, -0.05) is 64.1 Å². The van der Waals surface area contributed by atoms with Gasteiger partial charge in [-0.05, 0) is 103 Å². The first-order valence-electron chi connectivity index (χ1n) is 23.7. The second-order valence-electron chi connectivity index (χ2n) is 18.0. The molecule has 0 spiro atoms. The Kier molecular flexibility index (Phi) is 14.0. The highest BCUT2D eigenvalue weighted by Gasteiger charge is 2.39. The normalized spacial score (nSPS) is 21.2. The molecule has 4 aromatic carbocycles. The number of amides is 3. The average Bonchev–Trinajstić information content (AvgIpc) is 4.27. The third-order valence-electron chi connectivity index (χ3n) is 12.9. The fourth-order valence-electron chi connectivity index (χ4n) is 9.55. The Morgan fingerprint density at radius 1 is 0.680 bits per heavy atom. The zero-order valence-electron chi connectivity index (χ0n) is 39.8. The maximum absolute atomic E-state index is 16.9. The molecule has 380 valence electrons. The summed E-state index contributed by atoms with van der Waals surface area (Å²) in [5.74, 6) is -7.38. The Morgan fingerprint density at radius 2 is 1.23 bits per heavy atom. The SMILES string of the molecule is CC12CC=C(N1)/C(c1cccc(O)c1)=C1/C=CC(=N1)/C(c1c(F)c(F)c(NCCSSCCNC(=O)CCN3C(=O)C=CC3=O)c(F)c1F)=c1/cc/c([nH]1)=C(\c1cccc(O)c1)C1=N/C(=C\2c2cccc(O)c2)C=C1. The molecule has 5 aromatic rings. The molecule has 0 saturated carbocycles. The van der Waals surface area contributed by atoms with Gasteiger partial charge in [0.15, 0.2) is 23.3 Å². The van der Waals surface area contributed by atoms with E-state index >= 15 is 17.6 Å². The number of rotatable bonds is 15. The molecule has 5 aliphatic rings. The lowest BCUT2D eigenvalue weighted by Crippen LogP contribution is -2.39. The number of anilines is 1. The fraction of sp³-hybridized carbons (Fsp3) is 0.161. The van der Waals surface area contributed by atoms with Gasteiger partial charge in [0.05, 0.1) is 33.9 Å². The summed E-state index contributed by atoms with van der Waals surface area (Å²) in [7, 11) is 2.63. The Hall–Kier alpha value is -8.29. The molecule has 0 fully saturated rings. The van der Waals surface area contributed by atoms with Gasteiger partial charge in [0.2, 0.25) is 5.91 Å². The third-order valence-corrected chi connectivity index (χ3v) is 15.3. The van der Waals surface area contributed by atoms with Gasteiger partial charge in [-0.2, -0.15) is 0 Å². The van der Waals surface area contributed by atoms with Gasteiger partial charge in [0.25, 0.3) is 11.8 Å². The first-order valence-corrected chi connectivity index (χ1v) is 26.1. The predicted molar refractivity (Wildman–Crippen MR) is 284 cm³/mol. The molecule has 19 heteroatoms. The number of carbonyl (C=O) groups is 3. The molecule has 1 atom stereocenters. The Labute approximate surface area is 434 Å². The van der Waals surface area contributed by atoms with E-state index < -0.39 is 51.9 Å². The lowest BCUT2D eigenvalue weighted by Gasteiger charge is -2.32. The number of phenols is 3. The van der Waals surface area contributed by atoms with E-state index in [1.54, 1.807) is 66.7 Å². The highest BCUT2D eigenvalue weighted by Crippen LogP contribution is 2.44. The summed E-state index contributed by atoms with van der Waals surface area (Å²) < 4.78 is 66.6. The first kappa shape index (κ1) is 50.3. The minimum atomic E-state index is -1.68. The van der Waals surface area contributed by atoms with E-state index in [0.29, 0.717) is 62.5 Å². The number of aliphatic imine (C=N–C) groups is 2. The molecule has 3 amide bonds. The van der Waals surface area contributed by atoms with Crippen LogP contribution < -0.4 is 26.6 Å². The molecule has 1 unspecified atom stereocenters. The molecule has 0 aliphatic carbocycles. The number of allylic oxidation sites excluding steroid dienone is 5. The molecule has 8 bridgehead atoms. The van der Waals surface area contributed by atoms with Crippen LogP contribution >= 0.6 is 21.6 Å². The van der Waals surface area contributed by atoms with Crippen LogP contribution in [0.2, 0.25) is 0 Å².